The Morgan fingerprint density at radius 2 is 2.15 bits per heavy atom. The van der Waals surface area contributed by atoms with Crippen LogP contribution in [0, 0.1) is 5.92 Å². The molecule has 20 heavy (non-hydrogen) atoms. The molecule has 0 radical (unpaired) electrons. The Balaban J connectivity index is 2.61. The summed E-state index contributed by atoms with van der Waals surface area (Å²) in [7, 11) is 1.25. The van der Waals surface area contributed by atoms with Gasteiger partial charge in [0.05, 0.1) is 12.7 Å². The zero-order chi connectivity index (χ0) is 15.2. The molecule has 0 aliphatic rings. The summed E-state index contributed by atoms with van der Waals surface area (Å²) >= 11 is 1.64. The van der Waals surface area contributed by atoms with Crippen LogP contribution in [0.1, 0.15) is 38.0 Å². The number of methoxy groups -OCH3 is 1. The Bertz CT molecular complexity index is 439. The van der Waals surface area contributed by atoms with Gasteiger partial charge in [0, 0.05) is 11.3 Å². The molecule has 0 saturated carbocycles. The van der Waals surface area contributed by atoms with Crippen LogP contribution in [0.2, 0.25) is 0 Å². The molecule has 1 aromatic heterocycles. The van der Waals surface area contributed by atoms with Crippen LogP contribution in [0.5, 0.6) is 0 Å². The first-order valence-corrected chi connectivity index (χ1v) is 7.58. The summed E-state index contributed by atoms with van der Waals surface area (Å²) in [5.74, 6) is -0.886. The average Bonchev–Trinajstić information content (AvgIpc) is 2.89. The second-order valence-electron chi connectivity index (χ2n) is 5.31. The standard InChI is InChI=1S/C15H22O4S/c1-11(2)15(18,7-6-13-5-4-8-20-13)10-12(16)9-14(17)19-3/h4-5,8,11,18H,6-7,9-10H2,1-3H3. The molecule has 0 bridgehead atoms. The summed E-state index contributed by atoms with van der Waals surface area (Å²) < 4.78 is 4.47. The van der Waals surface area contributed by atoms with Gasteiger partial charge in [0.2, 0.25) is 0 Å². The van der Waals surface area contributed by atoms with E-state index in [2.05, 4.69) is 4.74 Å². The van der Waals surface area contributed by atoms with Crippen LogP contribution in [0.4, 0.5) is 0 Å². The number of Topliss-reactive ketones (excluding diaryl/α,β-unsaturated/α-hetero) is 1. The van der Waals surface area contributed by atoms with E-state index >= 15 is 0 Å². The van der Waals surface area contributed by atoms with Crippen molar-refractivity contribution in [3.8, 4) is 0 Å². The lowest BCUT2D eigenvalue weighted by atomic mass is 9.81. The third kappa shape index (κ3) is 5.06. The highest BCUT2D eigenvalue weighted by Gasteiger charge is 2.33. The van der Waals surface area contributed by atoms with Gasteiger partial charge >= 0.3 is 5.97 Å². The van der Waals surface area contributed by atoms with Crippen LogP contribution in [0.3, 0.4) is 0 Å². The average molecular weight is 298 g/mol. The topological polar surface area (TPSA) is 63.6 Å². The van der Waals surface area contributed by atoms with Crippen molar-refractivity contribution >= 4 is 23.1 Å². The fourth-order valence-electron chi connectivity index (χ4n) is 2.01. The van der Waals surface area contributed by atoms with Gasteiger partial charge in [0.25, 0.3) is 0 Å². The molecule has 0 aliphatic carbocycles. The fourth-order valence-corrected chi connectivity index (χ4v) is 2.72. The summed E-state index contributed by atoms with van der Waals surface area (Å²) in [4.78, 5) is 24.1. The molecule has 0 aromatic carbocycles. The van der Waals surface area contributed by atoms with Gasteiger partial charge in [-0.3, -0.25) is 9.59 Å². The molecule has 5 heteroatoms. The van der Waals surface area contributed by atoms with Gasteiger partial charge in [-0.25, -0.2) is 0 Å². The number of aliphatic hydroxyl groups is 1. The van der Waals surface area contributed by atoms with E-state index in [-0.39, 0.29) is 24.5 Å². The zero-order valence-corrected chi connectivity index (χ0v) is 13.0. The first-order chi connectivity index (χ1) is 9.37. The van der Waals surface area contributed by atoms with E-state index in [0.29, 0.717) is 6.42 Å². The Labute approximate surface area is 123 Å². The molecule has 0 saturated heterocycles. The largest absolute Gasteiger partial charge is 0.469 e. The molecule has 4 nitrogen and oxygen atoms in total. The first kappa shape index (κ1) is 16.9. The number of esters is 1. The van der Waals surface area contributed by atoms with Crippen molar-refractivity contribution in [1.82, 2.24) is 0 Å². The van der Waals surface area contributed by atoms with Gasteiger partial charge < -0.3 is 9.84 Å². The smallest absolute Gasteiger partial charge is 0.313 e. The summed E-state index contributed by atoms with van der Waals surface area (Å²) in [6.07, 6.45) is 0.964. The van der Waals surface area contributed by atoms with E-state index in [1.165, 1.54) is 12.0 Å². The van der Waals surface area contributed by atoms with Gasteiger partial charge in [-0.1, -0.05) is 19.9 Å². The molecule has 112 valence electrons. The SMILES string of the molecule is COC(=O)CC(=O)CC(O)(CCc1cccs1)C(C)C. The first-order valence-electron chi connectivity index (χ1n) is 6.70. The highest BCUT2D eigenvalue weighted by atomic mass is 32.1. The summed E-state index contributed by atoms with van der Waals surface area (Å²) in [5, 5.41) is 12.7. The van der Waals surface area contributed by atoms with Crippen LogP contribution in [0.25, 0.3) is 0 Å². The minimum Gasteiger partial charge on any atom is -0.469 e. The number of rotatable bonds is 8. The maximum absolute atomic E-state index is 11.8. The van der Waals surface area contributed by atoms with Crippen LogP contribution >= 0.6 is 11.3 Å². The maximum Gasteiger partial charge on any atom is 0.313 e. The van der Waals surface area contributed by atoms with E-state index < -0.39 is 11.6 Å². The molecule has 1 N–H and O–H groups in total. The molecule has 1 heterocycles. The highest BCUT2D eigenvalue weighted by molar-refractivity contribution is 7.09. The molecule has 0 amide bonds. The quantitative estimate of drug-likeness (QED) is 0.592. The third-order valence-corrected chi connectivity index (χ3v) is 4.47. The van der Waals surface area contributed by atoms with Crippen molar-refractivity contribution in [1.29, 1.82) is 0 Å². The van der Waals surface area contributed by atoms with Gasteiger partial charge in [-0.2, -0.15) is 0 Å². The van der Waals surface area contributed by atoms with Crippen LogP contribution < -0.4 is 0 Å². The number of ether oxygens (including phenoxy) is 1. The predicted molar refractivity (Wildman–Crippen MR) is 78.7 cm³/mol. The van der Waals surface area contributed by atoms with Crippen LogP contribution in [-0.2, 0) is 20.7 Å². The second kappa shape index (κ2) is 7.55. The minimum atomic E-state index is -1.07. The number of carbonyl (C=O) groups is 2. The number of hydrogen-bond acceptors (Lipinski definition) is 5. The molecule has 1 aromatic rings. The molecular formula is C15H22O4S. The van der Waals surface area contributed by atoms with E-state index in [4.69, 9.17) is 0 Å². The predicted octanol–water partition coefficient (Wildman–Crippen LogP) is 2.59. The lowest BCUT2D eigenvalue weighted by Crippen LogP contribution is -2.38. The van der Waals surface area contributed by atoms with Crippen LogP contribution in [0.15, 0.2) is 17.5 Å². The van der Waals surface area contributed by atoms with E-state index in [1.807, 2.05) is 31.4 Å². The molecular weight excluding hydrogens is 276 g/mol. The highest BCUT2D eigenvalue weighted by Crippen LogP contribution is 2.28. The fraction of sp³-hybridized carbons (Fsp3) is 0.600. The third-order valence-electron chi connectivity index (χ3n) is 3.53. The molecule has 1 rings (SSSR count). The monoisotopic (exact) mass is 298 g/mol. The van der Waals surface area contributed by atoms with E-state index in [1.54, 1.807) is 11.3 Å². The number of carbonyl (C=O) groups excluding carboxylic acids is 2. The summed E-state index contributed by atoms with van der Waals surface area (Å²) in [5.41, 5.74) is -1.07. The minimum absolute atomic E-state index is 0.00879. The van der Waals surface area contributed by atoms with Crippen molar-refractivity contribution in [3.05, 3.63) is 22.4 Å². The molecule has 0 aliphatic heterocycles. The molecule has 1 atom stereocenters. The van der Waals surface area contributed by atoms with Crippen LogP contribution in [-0.4, -0.2) is 29.6 Å². The molecule has 0 fully saturated rings. The van der Waals surface area contributed by atoms with Crippen molar-refractivity contribution in [3.63, 3.8) is 0 Å². The molecule has 0 spiro atoms. The molecule has 1 unspecified atom stereocenters. The van der Waals surface area contributed by atoms with Crippen molar-refractivity contribution in [2.45, 2.75) is 45.1 Å². The van der Waals surface area contributed by atoms with Gasteiger partial charge in [-0.15, -0.1) is 11.3 Å². The number of thiophene rings is 1. The Morgan fingerprint density at radius 3 is 2.65 bits per heavy atom. The lowest BCUT2D eigenvalue weighted by molar-refractivity contribution is -0.144. The second-order valence-corrected chi connectivity index (χ2v) is 6.34. The zero-order valence-electron chi connectivity index (χ0n) is 12.2. The number of hydrogen-bond donors (Lipinski definition) is 1. The normalized spacial score (nSPS) is 14.1. The van der Waals surface area contributed by atoms with E-state index in [9.17, 15) is 14.7 Å². The number of aryl methyl sites for hydroxylation is 1. The van der Waals surface area contributed by atoms with Gasteiger partial charge in [0.1, 0.15) is 12.2 Å². The van der Waals surface area contributed by atoms with Gasteiger partial charge in [0.15, 0.2) is 0 Å². The summed E-state index contributed by atoms with van der Waals surface area (Å²) in [6, 6.07) is 3.98. The Hall–Kier alpha value is -1.20. The Kier molecular flexibility index (Phi) is 6.36. The van der Waals surface area contributed by atoms with Crippen molar-refractivity contribution in [2.75, 3.05) is 7.11 Å². The van der Waals surface area contributed by atoms with Gasteiger partial charge in [-0.05, 0) is 30.2 Å². The Morgan fingerprint density at radius 1 is 1.45 bits per heavy atom. The van der Waals surface area contributed by atoms with E-state index in [0.717, 1.165) is 6.42 Å². The number of ketones is 1. The van der Waals surface area contributed by atoms with Crippen molar-refractivity contribution < 1.29 is 19.4 Å². The maximum atomic E-state index is 11.8. The van der Waals surface area contributed by atoms with Crippen molar-refractivity contribution in [2.24, 2.45) is 5.92 Å². The lowest BCUT2D eigenvalue weighted by Gasteiger charge is -2.31. The summed E-state index contributed by atoms with van der Waals surface area (Å²) in [6.45, 7) is 3.78.